The normalized spacial score (nSPS) is 14.8. The molecule has 1 aliphatic rings. The Bertz CT molecular complexity index is 1080. The van der Waals surface area contributed by atoms with E-state index in [-0.39, 0.29) is 5.78 Å². The minimum absolute atomic E-state index is 0.109. The molecule has 0 spiro atoms. The summed E-state index contributed by atoms with van der Waals surface area (Å²) in [6.45, 7) is 10.3. The van der Waals surface area contributed by atoms with Crippen LogP contribution < -0.4 is 0 Å². The van der Waals surface area contributed by atoms with Gasteiger partial charge in [0.05, 0.1) is 25.5 Å². The zero-order valence-corrected chi connectivity index (χ0v) is 20.1. The highest BCUT2D eigenvalue weighted by atomic mass is 32.2. The number of benzene rings is 1. The lowest BCUT2D eigenvalue weighted by Crippen LogP contribution is -2.36. The van der Waals surface area contributed by atoms with Gasteiger partial charge in [0.15, 0.2) is 10.9 Å². The van der Waals surface area contributed by atoms with E-state index in [2.05, 4.69) is 50.9 Å². The van der Waals surface area contributed by atoms with Gasteiger partial charge in [-0.15, -0.1) is 10.2 Å². The fourth-order valence-corrected chi connectivity index (χ4v) is 4.91. The van der Waals surface area contributed by atoms with Crippen LogP contribution in [0.15, 0.2) is 35.5 Å². The van der Waals surface area contributed by atoms with Crippen LogP contribution >= 0.6 is 11.8 Å². The minimum Gasteiger partial charge on any atom is -0.379 e. The molecule has 4 rings (SSSR count). The number of carbonyl (C=O) groups is 1. The van der Waals surface area contributed by atoms with Gasteiger partial charge in [0.2, 0.25) is 0 Å². The van der Waals surface area contributed by atoms with Crippen LogP contribution in [0.5, 0.6) is 0 Å². The summed E-state index contributed by atoms with van der Waals surface area (Å²) >= 11 is 1.44. The second-order valence-electron chi connectivity index (χ2n) is 8.20. The first-order valence-corrected chi connectivity index (χ1v) is 12.1. The third kappa shape index (κ3) is 4.82. The summed E-state index contributed by atoms with van der Waals surface area (Å²) in [5.74, 6) is 1.36. The molecule has 8 heteroatoms. The number of ketones is 1. The van der Waals surface area contributed by atoms with Crippen molar-refractivity contribution < 1.29 is 9.53 Å². The number of thioether (sulfide) groups is 1. The van der Waals surface area contributed by atoms with Crippen molar-refractivity contribution in [3.63, 3.8) is 0 Å². The lowest BCUT2D eigenvalue weighted by Gasteiger charge is -2.25. The summed E-state index contributed by atoms with van der Waals surface area (Å²) in [6.07, 6.45) is 1.01. The number of hydrogen-bond acceptors (Lipinski definition) is 6. The molecular formula is C24H31N5O2S. The molecule has 0 unspecified atom stereocenters. The Kier molecular flexibility index (Phi) is 7.13. The fraction of sp³-hybridized carbons (Fsp3) is 0.458. The van der Waals surface area contributed by atoms with Gasteiger partial charge in [0.1, 0.15) is 5.82 Å². The first kappa shape index (κ1) is 22.8. The lowest BCUT2D eigenvalue weighted by atomic mass is 10.1. The van der Waals surface area contributed by atoms with Crippen LogP contribution in [0.1, 0.15) is 40.1 Å². The van der Waals surface area contributed by atoms with Crippen molar-refractivity contribution in [1.29, 1.82) is 0 Å². The SMILES string of the molecule is CCc1ccc(-n2c(C)cc(C(=O)CSc3nnc(CN4CCOCC4)n3C)c2C)cc1. The van der Waals surface area contributed by atoms with Crippen LogP contribution in [0.2, 0.25) is 0 Å². The topological polar surface area (TPSA) is 65.2 Å². The van der Waals surface area contributed by atoms with E-state index < -0.39 is 0 Å². The van der Waals surface area contributed by atoms with Gasteiger partial charge in [0.25, 0.3) is 0 Å². The van der Waals surface area contributed by atoms with Crippen molar-refractivity contribution >= 4 is 17.5 Å². The molecule has 1 saturated heterocycles. The molecule has 1 aromatic carbocycles. The van der Waals surface area contributed by atoms with E-state index in [0.29, 0.717) is 5.75 Å². The molecule has 3 aromatic rings. The van der Waals surface area contributed by atoms with E-state index in [9.17, 15) is 4.79 Å². The van der Waals surface area contributed by atoms with E-state index in [4.69, 9.17) is 4.74 Å². The lowest BCUT2D eigenvalue weighted by molar-refractivity contribution is 0.0326. The van der Waals surface area contributed by atoms with Gasteiger partial charge >= 0.3 is 0 Å². The molecule has 0 bridgehead atoms. The van der Waals surface area contributed by atoms with Crippen LogP contribution in [0.3, 0.4) is 0 Å². The van der Waals surface area contributed by atoms with Crippen molar-refractivity contribution in [3.05, 3.63) is 58.7 Å². The quantitative estimate of drug-likeness (QED) is 0.384. The molecule has 3 heterocycles. The van der Waals surface area contributed by atoms with Crippen molar-refractivity contribution in [2.45, 2.75) is 38.9 Å². The molecule has 2 aromatic heterocycles. The largest absolute Gasteiger partial charge is 0.379 e. The van der Waals surface area contributed by atoms with Crippen LogP contribution in [-0.2, 0) is 24.8 Å². The van der Waals surface area contributed by atoms with Gasteiger partial charge in [-0.2, -0.15) is 0 Å². The summed E-state index contributed by atoms with van der Waals surface area (Å²) in [5.41, 5.74) is 5.20. The first-order chi connectivity index (χ1) is 15.5. The smallest absolute Gasteiger partial charge is 0.191 e. The van der Waals surface area contributed by atoms with Gasteiger partial charge in [-0.1, -0.05) is 30.8 Å². The summed E-state index contributed by atoms with van der Waals surface area (Å²) in [5, 5.41) is 9.43. The number of aryl methyl sites for hydroxylation is 2. The molecule has 1 aliphatic heterocycles. The summed E-state index contributed by atoms with van der Waals surface area (Å²) in [4.78, 5) is 15.4. The van der Waals surface area contributed by atoms with Crippen molar-refractivity contribution in [2.24, 2.45) is 7.05 Å². The summed E-state index contributed by atoms with van der Waals surface area (Å²) in [7, 11) is 1.97. The average Bonchev–Trinajstić information content (AvgIpc) is 3.31. The molecule has 1 fully saturated rings. The Morgan fingerprint density at radius 2 is 1.84 bits per heavy atom. The maximum Gasteiger partial charge on any atom is 0.191 e. The molecule has 0 amide bonds. The van der Waals surface area contributed by atoms with Crippen molar-refractivity contribution in [3.8, 4) is 5.69 Å². The van der Waals surface area contributed by atoms with Crippen molar-refractivity contribution in [2.75, 3.05) is 32.1 Å². The third-order valence-corrected chi connectivity index (χ3v) is 7.08. The highest BCUT2D eigenvalue weighted by Crippen LogP contribution is 2.24. The number of hydrogen-bond donors (Lipinski definition) is 0. The van der Waals surface area contributed by atoms with E-state index in [1.807, 2.05) is 31.5 Å². The molecule has 7 nitrogen and oxygen atoms in total. The number of ether oxygens (including phenoxy) is 1. The van der Waals surface area contributed by atoms with E-state index >= 15 is 0 Å². The average molecular weight is 454 g/mol. The number of morpholine rings is 1. The Labute approximate surface area is 193 Å². The Morgan fingerprint density at radius 1 is 1.12 bits per heavy atom. The summed E-state index contributed by atoms with van der Waals surface area (Å²) < 4.78 is 9.56. The fourth-order valence-electron chi connectivity index (χ4n) is 4.10. The van der Waals surface area contributed by atoms with E-state index in [1.165, 1.54) is 17.3 Å². The molecule has 0 aliphatic carbocycles. The van der Waals surface area contributed by atoms with Crippen LogP contribution in [0, 0.1) is 13.8 Å². The van der Waals surface area contributed by atoms with Crippen LogP contribution in [0.25, 0.3) is 5.69 Å². The predicted octanol–water partition coefficient (Wildman–Crippen LogP) is 3.59. The Morgan fingerprint density at radius 3 is 2.53 bits per heavy atom. The van der Waals surface area contributed by atoms with Gasteiger partial charge < -0.3 is 13.9 Å². The minimum atomic E-state index is 0.109. The molecule has 32 heavy (non-hydrogen) atoms. The molecule has 0 N–H and O–H groups in total. The second kappa shape index (κ2) is 10.0. The van der Waals surface area contributed by atoms with Crippen molar-refractivity contribution in [1.82, 2.24) is 24.2 Å². The van der Waals surface area contributed by atoms with E-state index in [0.717, 1.165) is 72.9 Å². The number of rotatable bonds is 8. The maximum atomic E-state index is 13.1. The predicted molar refractivity (Wildman–Crippen MR) is 127 cm³/mol. The zero-order chi connectivity index (χ0) is 22.7. The van der Waals surface area contributed by atoms with Crippen LogP contribution in [0.4, 0.5) is 0 Å². The number of aromatic nitrogens is 4. The van der Waals surface area contributed by atoms with Gasteiger partial charge in [-0.25, -0.2) is 0 Å². The number of carbonyl (C=O) groups excluding carboxylic acids is 1. The third-order valence-electron chi connectivity index (χ3n) is 6.06. The Balaban J connectivity index is 1.43. The maximum absolute atomic E-state index is 13.1. The Hall–Kier alpha value is -2.42. The molecule has 0 radical (unpaired) electrons. The number of nitrogens with zero attached hydrogens (tertiary/aromatic N) is 5. The van der Waals surface area contributed by atoms with Crippen LogP contribution in [-0.4, -0.2) is 62.1 Å². The molecule has 170 valence electrons. The number of Topliss-reactive ketones (excluding diaryl/α,β-unsaturated/α-hetero) is 1. The van der Waals surface area contributed by atoms with Gasteiger partial charge in [-0.05, 0) is 44.0 Å². The van der Waals surface area contributed by atoms with Gasteiger partial charge in [0, 0.05) is 42.8 Å². The van der Waals surface area contributed by atoms with Gasteiger partial charge in [-0.3, -0.25) is 9.69 Å². The first-order valence-electron chi connectivity index (χ1n) is 11.1. The molecule has 0 saturated carbocycles. The monoisotopic (exact) mass is 453 g/mol. The second-order valence-corrected chi connectivity index (χ2v) is 9.14. The highest BCUT2D eigenvalue weighted by molar-refractivity contribution is 7.99. The standard InChI is InChI=1S/C24H31N5O2S/c1-5-19-6-8-20(9-7-19)29-17(2)14-21(18(29)3)22(30)16-32-24-26-25-23(27(24)4)15-28-10-12-31-13-11-28/h6-9,14H,5,10-13,15-16H2,1-4H3. The van der Waals surface area contributed by atoms with E-state index in [1.54, 1.807) is 0 Å². The molecular weight excluding hydrogens is 422 g/mol. The zero-order valence-electron chi connectivity index (χ0n) is 19.3. The summed E-state index contributed by atoms with van der Waals surface area (Å²) in [6, 6.07) is 10.5. The highest BCUT2D eigenvalue weighted by Gasteiger charge is 2.20. The molecule has 0 atom stereocenters.